The van der Waals surface area contributed by atoms with Gasteiger partial charge in [0.05, 0.1) is 0 Å². The summed E-state index contributed by atoms with van der Waals surface area (Å²) >= 11 is 2.94. The van der Waals surface area contributed by atoms with Gasteiger partial charge in [-0.15, -0.1) is 11.6 Å². The van der Waals surface area contributed by atoms with Crippen LogP contribution in [0.3, 0.4) is 0 Å². The van der Waals surface area contributed by atoms with E-state index in [1.807, 2.05) is 0 Å². The van der Waals surface area contributed by atoms with Gasteiger partial charge >= 0.3 is 0 Å². The van der Waals surface area contributed by atoms with Crippen molar-refractivity contribution in [3.8, 4) is 0 Å². The Labute approximate surface area is 63.0 Å². The molecule has 0 aromatic rings. The molecule has 1 unspecified atom stereocenters. The van der Waals surface area contributed by atoms with E-state index in [0.717, 1.165) is 12.3 Å². The Kier molecular flexibility index (Phi) is 15.0. The first-order valence-corrected chi connectivity index (χ1v) is 4.22. The first-order chi connectivity index (χ1) is 4.15. The molecule has 1 atom stereocenters. The summed E-state index contributed by atoms with van der Waals surface area (Å²) in [5.41, 5.74) is 0. The lowest BCUT2D eigenvalue weighted by Gasteiger charge is -1.85. The number of unbranched alkanes of at least 4 members (excludes halogenated alkanes) is 1. The number of halogens is 1. The van der Waals surface area contributed by atoms with Crippen molar-refractivity contribution in [3.05, 3.63) is 0 Å². The second-order valence-electron chi connectivity index (χ2n) is 1.30. The lowest BCUT2D eigenvalue weighted by Crippen LogP contribution is -1.97. The molecule has 0 aromatic heterocycles. The summed E-state index contributed by atoms with van der Waals surface area (Å²) in [7, 11) is 0. The lowest BCUT2D eigenvalue weighted by atomic mass is 10.4. The van der Waals surface area contributed by atoms with Crippen molar-refractivity contribution in [2.45, 2.75) is 19.8 Å². The van der Waals surface area contributed by atoms with Crippen LogP contribution in [0.5, 0.6) is 0 Å². The molecule has 0 aliphatic carbocycles. The van der Waals surface area contributed by atoms with Crippen LogP contribution in [0.1, 0.15) is 19.8 Å². The van der Waals surface area contributed by atoms with E-state index in [-0.39, 0.29) is 0 Å². The van der Waals surface area contributed by atoms with Crippen LogP contribution in [-0.2, 0) is 11.3 Å². The number of hydrogen-bond donors (Lipinski definition) is 1. The van der Waals surface area contributed by atoms with Gasteiger partial charge < -0.3 is 4.55 Å². The highest BCUT2D eigenvalue weighted by molar-refractivity contribution is 7.76. The minimum absolute atomic E-state index is 0.816. The van der Waals surface area contributed by atoms with Crippen molar-refractivity contribution in [1.29, 1.82) is 0 Å². The third-order valence-corrected chi connectivity index (χ3v) is 0.754. The number of nitrogens with two attached hydrogens (primary N) is 1. The van der Waals surface area contributed by atoms with Gasteiger partial charge in [0.25, 0.3) is 0 Å². The predicted molar refractivity (Wildman–Crippen MR) is 38.7 cm³/mol. The topological polar surface area (TPSA) is 66.2 Å². The molecule has 0 heterocycles. The molecule has 0 rings (SSSR count). The van der Waals surface area contributed by atoms with Crippen LogP contribution >= 0.6 is 11.6 Å². The molecule has 0 fully saturated rings. The van der Waals surface area contributed by atoms with Crippen LogP contribution < -0.4 is 5.14 Å². The maximum absolute atomic E-state index is 8.78. The predicted octanol–water partition coefficient (Wildman–Crippen LogP) is 0.764. The Bertz CT molecular complexity index is 65.6. The van der Waals surface area contributed by atoms with E-state index in [4.69, 9.17) is 20.4 Å². The van der Waals surface area contributed by atoms with Gasteiger partial charge in [0.15, 0.2) is 0 Å². The molecular weight excluding hydrogens is 162 g/mol. The highest BCUT2D eigenvalue weighted by Gasteiger charge is 1.70. The first-order valence-electron chi connectivity index (χ1n) is 2.54. The second kappa shape index (κ2) is 11.2. The summed E-state index contributed by atoms with van der Waals surface area (Å²) in [6.07, 6.45) is 2.37. The molecule has 0 amide bonds. The summed E-state index contributed by atoms with van der Waals surface area (Å²) in [4.78, 5) is 0. The van der Waals surface area contributed by atoms with Crippen LogP contribution in [-0.4, -0.2) is 14.6 Å². The van der Waals surface area contributed by atoms with Gasteiger partial charge in [-0.3, -0.25) is 9.35 Å². The van der Waals surface area contributed by atoms with Gasteiger partial charge in [-0.1, -0.05) is 13.3 Å². The van der Waals surface area contributed by atoms with Gasteiger partial charge in [0.2, 0.25) is 0 Å². The third-order valence-electron chi connectivity index (χ3n) is 0.487. The molecule has 58 valence electrons. The standard InChI is InChI=1S/C4H9Cl.H3NO2S/c1-2-3-4-5;1-4(2)3/h2-4H2,1H3;1H2,(H,2,3)/p-1. The molecule has 5 heteroatoms. The molecule has 0 saturated carbocycles. The molecule has 0 aliphatic rings. The molecule has 2 N–H and O–H groups in total. The van der Waals surface area contributed by atoms with Crippen LogP contribution in [0.25, 0.3) is 0 Å². The van der Waals surface area contributed by atoms with Crippen LogP contribution in [0, 0.1) is 0 Å². The van der Waals surface area contributed by atoms with E-state index >= 15 is 0 Å². The third kappa shape index (κ3) is 60.7. The number of alkyl halides is 1. The molecule has 9 heavy (non-hydrogen) atoms. The smallest absolute Gasteiger partial charge is 0.0223 e. The fourth-order valence-electron chi connectivity index (χ4n) is 0.134. The molecule has 0 aliphatic heterocycles. The normalized spacial score (nSPS) is 11.6. The quantitative estimate of drug-likeness (QED) is 0.494. The van der Waals surface area contributed by atoms with Crippen molar-refractivity contribution < 1.29 is 8.76 Å². The summed E-state index contributed by atoms with van der Waals surface area (Å²) in [5, 5.41) is 4.03. The minimum Gasteiger partial charge on any atom is -0.760 e. The molecule has 0 saturated heterocycles. The van der Waals surface area contributed by atoms with Gasteiger partial charge in [-0.2, -0.15) is 0 Å². The summed E-state index contributed by atoms with van der Waals surface area (Å²) in [5.74, 6) is 0.816. The van der Waals surface area contributed by atoms with Gasteiger partial charge in [-0.05, 0) is 6.42 Å². The summed E-state index contributed by atoms with van der Waals surface area (Å²) in [6.45, 7) is 2.13. The van der Waals surface area contributed by atoms with E-state index in [1.54, 1.807) is 0 Å². The fourth-order valence-corrected chi connectivity index (χ4v) is 0.401. The van der Waals surface area contributed by atoms with Crippen molar-refractivity contribution in [1.82, 2.24) is 0 Å². The molecule has 0 bridgehead atoms. The Morgan fingerprint density at radius 3 is 2.11 bits per heavy atom. The average molecular weight is 173 g/mol. The van der Waals surface area contributed by atoms with Crippen molar-refractivity contribution in [2.75, 3.05) is 5.88 Å². The highest BCUT2D eigenvalue weighted by atomic mass is 35.5. The number of hydrogen-bond acceptors (Lipinski definition) is 2. The zero-order chi connectivity index (χ0) is 7.70. The summed E-state index contributed by atoms with van der Waals surface area (Å²) in [6, 6.07) is 0. The second-order valence-corrected chi connectivity index (χ2v) is 2.20. The van der Waals surface area contributed by atoms with Crippen LogP contribution in [0.2, 0.25) is 0 Å². The average Bonchev–Trinajstić information content (AvgIpc) is 1.66. The van der Waals surface area contributed by atoms with E-state index in [9.17, 15) is 0 Å². The lowest BCUT2D eigenvalue weighted by molar-refractivity contribution is 0.539. The van der Waals surface area contributed by atoms with Crippen molar-refractivity contribution in [2.24, 2.45) is 5.14 Å². The summed E-state index contributed by atoms with van der Waals surface area (Å²) < 4.78 is 17.6. The van der Waals surface area contributed by atoms with Crippen molar-refractivity contribution >= 4 is 22.9 Å². The zero-order valence-corrected chi connectivity index (χ0v) is 6.87. The van der Waals surface area contributed by atoms with E-state index in [0.29, 0.717) is 0 Å². The number of rotatable bonds is 2. The van der Waals surface area contributed by atoms with Crippen LogP contribution in [0.15, 0.2) is 0 Å². The van der Waals surface area contributed by atoms with Crippen molar-refractivity contribution in [3.63, 3.8) is 0 Å². The molecule has 0 spiro atoms. The molecule has 0 radical (unpaired) electrons. The van der Waals surface area contributed by atoms with E-state index in [1.165, 1.54) is 6.42 Å². The minimum atomic E-state index is -2.36. The Morgan fingerprint density at radius 2 is 2.11 bits per heavy atom. The molecular formula is C4H11ClNO2S-. The molecule has 0 aromatic carbocycles. The highest BCUT2D eigenvalue weighted by Crippen LogP contribution is 1.86. The van der Waals surface area contributed by atoms with Gasteiger partial charge in [0.1, 0.15) is 0 Å². The first kappa shape index (κ1) is 12.1. The Hall–Kier alpha value is 0.360. The van der Waals surface area contributed by atoms with Gasteiger partial charge in [-0.25, -0.2) is 0 Å². The largest absolute Gasteiger partial charge is 0.760 e. The monoisotopic (exact) mass is 172 g/mol. The maximum Gasteiger partial charge on any atom is 0.0223 e. The van der Waals surface area contributed by atoms with E-state index < -0.39 is 11.3 Å². The molecule has 3 nitrogen and oxygen atoms in total. The fraction of sp³-hybridized carbons (Fsp3) is 1.00. The zero-order valence-electron chi connectivity index (χ0n) is 5.30. The van der Waals surface area contributed by atoms with E-state index in [2.05, 4.69) is 12.1 Å². The van der Waals surface area contributed by atoms with Crippen LogP contribution in [0.4, 0.5) is 0 Å². The van der Waals surface area contributed by atoms with Gasteiger partial charge in [0, 0.05) is 17.1 Å². The Balaban J connectivity index is 0. The Morgan fingerprint density at radius 1 is 1.78 bits per heavy atom. The maximum atomic E-state index is 8.78. The SMILES string of the molecule is CCCCCl.NS(=O)[O-].